The van der Waals surface area contributed by atoms with Crippen LogP contribution in [0.1, 0.15) is 11.4 Å². The molecular formula is C12H15N5O. The number of ether oxygens (including phenoxy) is 1. The van der Waals surface area contributed by atoms with Crippen LogP contribution in [0.2, 0.25) is 0 Å². The summed E-state index contributed by atoms with van der Waals surface area (Å²) >= 11 is 0. The summed E-state index contributed by atoms with van der Waals surface area (Å²) in [6, 6.07) is 3.63. The van der Waals surface area contributed by atoms with Crippen molar-refractivity contribution in [3.8, 4) is 17.4 Å². The van der Waals surface area contributed by atoms with Crippen LogP contribution in [-0.2, 0) is 6.42 Å². The minimum absolute atomic E-state index is 0.491. The molecule has 0 aliphatic heterocycles. The Morgan fingerprint density at radius 1 is 1.22 bits per heavy atom. The molecule has 0 aliphatic carbocycles. The summed E-state index contributed by atoms with van der Waals surface area (Å²) in [5, 5.41) is 0. The third-order valence-electron chi connectivity index (χ3n) is 2.39. The maximum absolute atomic E-state index is 5.54. The molecule has 94 valence electrons. The first-order valence-electron chi connectivity index (χ1n) is 5.64. The Morgan fingerprint density at radius 3 is 2.78 bits per heavy atom. The van der Waals surface area contributed by atoms with E-state index in [1.807, 2.05) is 13.0 Å². The lowest BCUT2D eigenvalue weighted by Crippen LogP contribution is -2.07. The predicted molar refractivity (Wildman–Crippen MR) is 67.1 cm³/mol. The highest BCUT2D eigenvalue weighted by Gasteiger charge is 2.07. The van der Waals surface area contributed by atoms with Crippen molar-refractivity contribution in [2.24, 2.45) is 5.73 Å². The number of nitrogens with two attached hydrogens (primary N) is 1. The zero-order valence-electron chi connectivity index (χ0n) is 10.4. The Bertz CT molecular complexity index is 544. The van der Waals surface area contributed by atoms with Gasteiger partial charge in [-0.3, -0.25) is 0 Å². The third-order valence-corrected chi connectivity index (χ3v) is 2.39. The highest BCUT2D eigenvalue weighted by atomic mass is 16.5. The van der Waals surface area contributed by atoms with Gasteiger partial charge in [0.1, 0.15) is 12.0 Å². The lowest BCUT2D eigenvalue weighted by molar-refractivity contribution is 0.397. The number of rotatable bonds is 4. The Labute approximate surface area is 105 Å². The molecule has 0 amide bonds. The van der Waals surface area contributed by atoms with E-state index in [2.05, 4.69) is 19.9 Å². The number of hydrogen-bond donors (Lipinski definition) is 1. The van der Waals surface area contributed by atoms with Crippen LogP contribution in [0.5, 0.6) is 5.88 Å². The van der Waals surface area contributed by atoms with Crippen molar-refractivity contribution in [3.05, 3.63) is 29.8 Å². The van der Waals surface area contributed by atoms with E-state index in [1.165, 1.54) is 6.33 Å². The maximum atomic E-state index is 5.54. The van der Waals surface area contributed by atoms with E-state index in [4.69, 9.17) is 10.5 Å². The van der Waals surface area contributed by atoms with Gasteiger partial charge in [0, 0.05) is 23.9 Å². The molecular weight excluding hydrogens is 230 g/mol. The molecule has 0 saturated heterocycles. The summed E-state index contributed by atoms with van der Waals surface area (Å²) < 4.78 is 5.06. The highest BCUT2D eigenvalue weighted by molar-refractivity contribution is 5.50. The van der Waals surface area contributed by atoms with Crippen molar-refractivity contribution in [2.45, 2.75) is 13.3 Å². The minimum Gasteiger partial charge on any atom is -0.481 e. The van der Waals surface area contributed by atoms with Gasteiger partial charge in [-0.15, -0.1) is 0 Å². The Kier molecular flexibility index (Phi) is 3.78. The smallest absolute Gasteiger partial charge is 0.216 e. The average molecular weight is 245 g/mol. The summed E-state index contributed by atoms with van der Waals surface area (Å²) in [4.78, 5) is 16.9. The van der Waals surface area contributed by atoms with Crippen molar-refractivity contribution in [2.75, 3.05) is 13.7 Å². The van der Waals surface area contributed by atoms with Crippen LogP contribution in [0.4, 0.5) is 0 Å². The molecule has 2 N–H and O–H groups in total. The average Bonchev–Trinajstić information content (AvgIpc) is 2.38. The topological polar surface area (TPSA) is 86.8 Å². The molecule has 0 radical (unpaired) electrons. The van der Waals surface area contributed by atoms with Gasteiger partial charge < -0.3 is 10.5 Å². The van der Waals surface area contributed by atoms with Gasteiger partial charge in [0.05, 0.1) is 7.11 Å². The molecule has 18 heavy (non-hydrogen) atoms. The van der Waals surface area contributed by atoms with Crippen LogP contribution in [0, 0.1) is 6.92 Å². The van der Waals surface area contributed by atoms with Gasteiger partial charge in [0.15, 0.2) is 5.82 Å². The van der Waals surface area contributed by atoms with Gasteiger partial charge in [0.2, 0.25) is 5.88 Å². The summed E-state index contributed by atoms with van der Waals surface area (Å²) in [5.41, 5.74) is 7.99. The van der Waals surface area contributed by atoms with Crippen LogP contribution >= 0.6 is 0 Å². The van der Waals surface area contributed by atoms with Crippen LogP contribution in [0.3, 0.4) is 0 Å². The van der Waals surface area contributed by atoms with E-state index in [1.54, 1.807) is 13.2 Å². The lowest BCUT2D eigenvalue weighted by atomic mass is 10.2. The van der Waals surface area contributed by atoms with E-state index in [9.17, 15) is 0 Å². The molecule has 6 heteroatoms. The van der Waals surface area contributed by atoms with Crippen LogP contribution < -0.4 is 10.5 Å². The lowest BCUT2D eigenvalue weighted by Gasteiger charge is -2.05. The Balaban J connectivity index is 2.42. The number of nitrogens with zero attached hydrogens (tertiary/aromatic N) is 4. The fourth-order valence-electron chi connectivity index (χ4n) is 1.60. The summed E-state index contributed by atoms with van der Waals surface area (Å²) in [6.45, 7) is 2.48. The molecule has 0 bridgehead atoms. The van der Waals surface area contributed by atoms with E-state index < -0.39 is 0 Å². The van der Waals surface area contributed by atoms with Crippen LogP contribution in [-0.4, -0.2) is 33.6 Å². The largest absolute Gasteiger partial charge is 0.481 e. The van der Waals surface area contributed by atoms with Crippen molar-refractivity contribution >= 4 is 0 Å². The first-order chi connectivity index (χ1) is 8.72. The molecule has 0 unspecified atom stereocenters. The fraction of sp³-hybridized carbons (Fsp3) is 0.333. The van der Waals surface area contributed by atoms with Crippen molar-refractivity contribution in [3.63, 3.8) is 0 Å². The van der Waals surface area contributed by atoms with E-state index >= 15 is 0 Å². The molecule has 0 spiro atoms. The first kappa shape index (κ1) is 12.4. The quantitative estimate of drug-likeness (QED) is 0.855. The summed E-state index contributed by atoms with van der Waals surface area (Å²) in [7, 11) is 1.56. The summed E-state index contributed by atoms with van der Waals surface area (Å²) in [6.07, 6.45) is 2.15. The molecule has 2 heterocycles. The van der Waals surface area contributed by atoms with E-state index in [-0.39, 0.29) is 0 Å². The van der Waals surface area contributed by atoms with Crippen molar-refractivity contribution in [1.29, 1.82) is 0 Å². The molecule has 0 fully saturated rings. The molecule has 0 aliphatic rings. The summed E-state index contributed by atoms with van der Waals surface area (Å²) in [5.74, 6) is 1.06. The molecule has 2 aromatic heterocycles. The van der Waals surface area contributed by atoms with Gasteiger partial charge in [-0.1, -0.05) is 0 Å². The maximum Gasteiger partial charge on any atom is 0.216 e. The number of aryl methyl sites for hydroxylation is 1. The van der Waals surface area contributed by atoms with Crippen molar-refractivity contribution in [1.82, 2.24) is 19.9 Å². The minimum atomic E-state index is 0.491. The first-order valence-corrected chi connectivity index (χ1v) is 5.64. The zero-order valence-corrected chi connectivity index (χ0v) is 10.4. The molecule has 6 nitrogen and oxygen atoms in total. The van der Waals surface area contributed by atoms with Gasteiger partial charge in [-0.05, 0) is 19.5 Å². The molecule has 0 aromatic carbocycles. The van der Waals surface area contributed by atoms with E-state index in [0.717, 1.165) is 17.8 Å². The Hall–Kier alpha value is -2.08. The SMILES string of the molecule is COc1cc(-c2nc(C)cc(CCN)n2)ncn1. The molecule has 0 saturated carbocycles. The monoisotopic (exact) mass is 245 g/mol. The predicted octanol–water partition coefficient (Wildman–Crippen LogP) is 0.752. The second-order valence-electron chi connectivity index (χ2n) is 3.81. The molecule has 2 aromatic rings. The Morgan fingerprint density at radius 2 is 2.06 bits per heavy atom. The van der Waals surface area contributed by atoms with Gasteiger partial charge in [-0.25, -0.2) is 19.9 Å². The zero-order chi connectivity index (χ0) is 13.0. The van der Waals surface area contributed by atoms with Gasteiger partial charge in [0.25, 0.3) is 0 Å². The van der Waals surface area contributed by atoms with Crippen LogP contribution in [0.15, 0.2) is 18.5 Å². The number of aromatic nitrogens is 4. The van der Waals surface area contributed by atoms with Gasteiger partial charge in [-0.2, -0.15) is 0 Å². The highest BCUT2D eigenvalue weighted by Crippen LogP contribution is 2.16. The standard InChI is InChI=1S/C12H15N5O/c1-8-5-9(3-4-13)17-12(16-8)10-6-11(18-2)15-7-14-10/h5-7H,3-4,13H2,1-2H3. The molecule has 2 rings (SSSR count). The van der Waals surface area contributed by atoms with Crippen LogP contribution in [0.25, 0.3) is 11.5 Å². The number of methoxy groups -OCH3 is 1. The van der Waals surface area contributed by atoms with E-state index in [0.29, 0.717) is 23.9 Å². The molecule has 0 atom stereocenters. The fourth-order valence-corrected chi connectivity index (χ4v) is 1.60. The number of hydrogen-bond acceptors (Lipinski definition) is 6. The van der Waals surface area contributed by atoms with Crippen molar-refractivity contribution < 1.29 is 4.74 Å². The van der Waals surface area contributed by atoms with Gasteiger partial charge >= 0.3 is 0 Å². The second-order valence-corrected chi connectivity index (χ2v) is 3.81. The normalized spacial score (nSPS) is 10.4. The second kappa shape index (κ2) is 5.50. The third kappa shape index (κ3) is 2.78.